The van der Waals surface area contributed by atoms with Crippen molar-refractivity contribution in [2.24, 2.45) is 0 Å². The number of rotatable bonds is 3. The van der Waals surface area contributed by atoms with E-state index in [-0.39, 0.29) is 4.91 Å². The topological polar surface area (TPSA) is 60.4 Å². The first-order valence-electron chi connectivity index (χ1n) is 3.52. The van der Waals surface area contributed by atoms with Crippen molar-refractivity contribution in [3.8, 4) is 0 Å². The Morgan fingerprint density at radius 1 is 1.38 bits per heavy atom. The van der Waals surface area contributed by atoms with E-state index in [0.717, 1.165) is 0 Å². The Morgan fingerprint density at radius 2 is 1.92 bits per heavy atom. The average molecular weight is 196 g/mol. The molecule has 1 N–H and O–H groups in total. The van der Waals surface area contributed by atoms with E-state index in [0.29, 0.717) is 4.90 Å². The highest BCUT2D eigenvalue weighted by Crippen LogP contribution is 2.16. The number of aliphatic carboxylic acids is 1. The standard InChI is InChI=1S/C9H8O3S/c1-7(9(10)11)13(12)8-5-3-2-4-6-8/h2-6H,1H2,(H,10,11). The summed E-state index contributed by atoms with van der Waals surface area (Å²) in [6.45, 7) is 3.23. The molecule has 1 atom stereocenters. The number of carbonyl (C=O) groups is 1. The number of carboxylic acid groups (broad SMARTS) is 1. The van der Waals surface area contributed by atoms with Gasteiger partial charge in [-0.1, -0.05) is 18.2 Å². The molecule has 1 rings (SSSR count). The fourth-order valence-corrected chi connectivity index (χ4v) is 1.61. The maximum atomic E-state index is 11.4. The third kappa shape index (κ3) is 2.34. The van der Waals surface area contributed by atoms with Gasteiger partial charge in [-0.15, -0.1) is 0 Å². The molecule has 13 heavy (non-hydrogen) atoms. The first-order chi connectivity index (χ1) is 6.13. The Bertz CT molecular complexity index is 321. The van der Waals surface area contributed by atoms with Crippen LogP contribution in [0.4, 0.5) is 0 Å². The minimum absolute atomic E-state index is 0.300. The summed E-state index contributed by atoms with van der Waals surface area (Å²) < 4.78 is 11.4. The van der Waals surface area contributed by atoms with Gasteiger partial charge in [0.1, 0.15) is 0 Å². The van der Waals surface area contributed by atoms with Gasteiger partial charge in [0, 0.05) is 11.2 Å². The molecular weight excluding hydrogens is 188 g/mol. The fraction of sp³-hybridized carbons (Fsp3) is 0. The first kappa shape index (κ1) is 9.83. The van der Waals surface area contributed by atoms with Crippen LogP contribution in [0.3, 0.4) is 0 Å². The van der Waals surface area contributed by atoms with Crippen LogP contribution in [0.1, 0.15) is 0 Å². The molecular formula is C9H8O3S. The molecule has 0 aliphatic carbocycles. The lowest BCUT2D eigenvalue weighted by Crippen LogP contribution is -2.11. The molecule has 68 valence electrons. The molecule has 1 unspecified atom stereocenters. The minimum atomic E-state index is -1.65. The molecule has 0 aromatic heterocycles. The van der Waals surface area contributed by atoms with Crippen LogP contribution in [-0.4, -0.2) is 15.6 Å². The van der Waals surface area contributed by atoms with Gasteiger partial charge in [0.15, 0.2) is 4.90 Å². The SMILES string of the molecule is C=C(C(=O)O)[S+]([O-])c1ccccc1. The van der Waals surface area contributed by atoms with Crippen molar-refractivity contribution in [3.05, 3.63) is 41.8 Å². The zero-order chi connectivity index (χ0) is 9.84. The van der Waals surface area contributed by atoms with Crippen LogP contribution in [-0.2, 0) is 16.0 Å². The normalized spacial score (nSPS) is 12.1. The maximum absolute atomic E-state index is 11.4. The van der Waals surface area contributed by atoms with Crippen molar-refractivity contribution in [2.45, 2.75) is 4.90 Å². The number of carboxylic acids is 1. The van der Waals surface area contributed by atoms with Crippen molar-refractivity contribution >= 4 is 17.1 Å². The van der Waals surface area contributed by atoms with Gasteiger partial charge < -0.3 is 9.66 Å². The second-order valence-electron chi connectivity index (χ2n) is 2.31. The highest BCUT2D eigenvalue weighted by molar-refractivity contribution is 7.96. The predicted molar refractivity (Wildman–Crippen MR) is 49.6 cm³/mol. The van der Waals surface area contributed by atoms with Crippen LogP contribution in [0.25, 0.3) is 0 Å². The second kappa shape index (κ2) is 4.11. The van der Waals surface area contributed by atoms with E-state index in [1.165, 1.54) is 0 Å². The highest BCUT2D eigenvalue weighted by atomic mass is 32.2. The van der Waals surface area contributed by atoms with Crippen molar-refractivity contribution in [1.29, 1.82) is 0 Å². The lowest BCUT2D eigenvalue weighted by molar-refractivity contribution is -0.131. The van der Waals surface area contributed by atoms with E-state index in [4.69, 9.17) is 5.11 Å². The molecule has 0 aliphatic heterocycles. The van der Waals surface area contributed by atoms with Crippen LogP contribution in [0.2, 0.25) is 0 Å². The zero-order valence-electron chi connectivity index (χ0n) is 6.77. The predicted octanol–water partition coefficient (Wildman–Crippen LogP) is 1.39. The highest BCUT2D eigenvalue weighted by Gasteiger charge is 2.21. The Kier molecular flexibility index (Phi) is 3.11. The molecule has 0 heterocycles. The van der Waals surface area contributed by atoms with Crippen LogP contribution in [0.15, 0.2) is 46.7 Å². The van der Waals surface area contributed by atoms with E-state index in [9.17, 15) is 9.35 Å². The van der Waals surface area contributed by atoms with E-state index in [1.54, 1.807) is 30.3 Å². The summed E-state index contributed by atoms with van der Waals surface area (Å²) in [5.41, 5.74) is 0. The molecule has 0 spiro atoms. The summed E-state index contributed by atoms with van der Waals surface area (Å²) in [6.07, 6.45) is 0. The Labute approximate surface area is 78.9 Å². The third-order valence-electron chi connectivity index (χ3n) is 1.42. The largest absolute Gasteiger partial charge is 0.606 e. The lowest BCUT2D eigenvalue weighted by atomic mass is 10.4. The maximum Gasteiger partial charge on any atom is 0.384 e. The van der Waals surface area contributed by atoms with Crippen molar-refractivity contribution in [2.75, 3.05) is 0 Å². The molecule has 0 bridgehead atoms. The zero-order valence-corrected chi connectivity index (χ0v) is 7.58. The van der Waals surface area contributed by atoms with Crippen LogP contribution >= 0.6 is 0 Å². The van der Waals surface area contributed by atoms with Gasteiger partial charge in [-0.25, -0.2) is 4.79 Å². The molecule has 0 aliphatic rings. The van der Waals surface area contributed by atoms with Gasteiger partial charge in [0.25, 0.3) is 0 Å². The molecule has 4 heteroatoms. The summed E-state index contributed by atoms with van der Waals surface area (Å²) in [4.78, 5) is 10.6. The molecule has 0 radical (unpaired) electrons. The summed E-state index contributed by atoms with van der Waals surface area (Å²) in [6, 6.07) is 8.36. The van der Waals surface area contributed by atoms with Gasteiger partial charge in [0.2, 0.25) is 4.91 Å². The third-order valence-corrected chi connectivity index (χ3v) is 2.74. The Morgan fingerprint density at radius 3 is 2.38 bits per heavy atom. The average Bonchev–Trinajstić information content (AvgIpc) is 2.17. The minimum Gasteiger partial charge on any atom is -0.606 e. The summed E-state index contributed by atoms with van der Waals surface area (Å²) >= 11 is -1.65. The van der Waals surface area contributed by atoms with Crippen molar-refractivity contribution in [1.82, 2.24) is 0 Å². The van der Waals surface area contributed by atoms with Crippen LogP contribution < -0.4 is 0 Å². The summed E-state index contributed by atoms with van der Waals surface area (Å²) in [5.74, 6) is -1.23. The second-order valence-corrected chi connectivity index (χ2v) is 3.81. The number of hydrogen-bond donors (Lipinski definition) is 1. The fourth-order valence-electron chi connectivity index (χ4n) is 0.766. The Hall–Kier alpha value is -1.26. The smallest absolute Gasteiger partial charge is 0.384 e. The summed E-state index contributed by atoms with van der Waals surface area (Å²) in [5, 5.41) is 8.52. The van der Waals surface area contributed by atoms with Gasteiger partial charge in [0.05, 0.1) is 0 Å². The molecule has 1 aromatic carbocycles. The number of benzene rings is 1. The molecule has 0 saturated heterocycles. The lowest BCUT2D eigenvalue weighted by Gasteiger charge is -2.07. The van der Waals surface area contributed by atoms with Crippen molar-refractivity contribution in [3.63, 3.8) is 0 Å². The monoisotopic (exact) mass is 196 g/mol. The molecule has 0 amide bonds. The first-order valence-corrected chi connectivity index (χ1v) is 4.67. The van der Waals surface area contributed by atoms with E-state index in [1.807, 2.05) is 0 Å². The van der Waals surface area contributed by atoms with E-state index in [2.05, 4.69) is 6.58 Å². The Balaban J connectivity index is 2.86. The van der Waals surface area contributed by atoms with Gasteiger partial charge >= 0.3 is 5.97 Å². The van der Waals surface area contributed by atoms with E-state index < -0.39 is 17.1 Å². The van der Waals surface area contributed by atoms with Crippen molar-refractivity contribution < 1.29 is 14.5 Å². The number of hydrogen-bond acceptors (Lipinski definition) is 2. The molecule has 0 saturated carbocycles. The summed E-state index contributed by atoms with van der Waals surface area (Å²) in [7, 11) is 0. The molecule has 0 fully saturated rings. The van der Waals surface area contributed by atoms with Crippen LogP contribution in [0, 0.1) is 0 Å². The quantitative estimate of drug-likeness (QED) is 0.587. The molecule has 3 nitrogen and oxygen atoms in total. The van der Waals surface area contributed by atoms with Gasteiger partial charge in [-0.05, 0) is 18.7 Å². The van der Waals surface area contributed by atoms with Gasteiger partial charge in [-0.3, -0.25) is 0 Å². The van der Waals surface area contributed by atoms with E-state index >= 15 is 0 Å². The van der Waals surface area contributed by atoms with Gasteiger partial charge in [-0.2, -0.15) is 0 Å². The molecule has 1 aromatic rings. The van der Waals surface area contributed by atoms with Crippen LogP contribution in [0.5, 0.6) is 0 Å².